The van der Waals surface area contributed by atoms with Crippen molar-refractivity contribution in [1.82, 2.24) is 29.3 Å². The zero-order valence-corrected chi connectivity index (χ0v) is 23.7. The van der Waals surface area contributed by atoms with Gasteiger partial charge in [0.05, 0.1) is 10.8 Å². The van der Waals surface area contributed by atoms with Gasteiger partial charge in [0.15, 0.2) is 0 Å². The van der Waals surface area contributed by atoms with Gasteiger partial charge in [-0.05, 0) is 37.7 Å². The average molecular weight is 636 g/mol. The average Bonchev–Trinajstić information content (AvgIpc) is 3.23. The fourth-order valence-corrected chi connectivity index (χ4v) is 8.88. The quantitative estimate of drug-likeness (QED) is 0.305. The zero-order valence-electron chi connectivity index (χ0n) is 22.1. The number of carbonyl (C=O) groups is 1. The summed E-state index contributed by atoms with van der Waals surface area (Å²) in [5.74, 6) is -4.99. The molecule has 2 saturated carbocycles. The molecule has 0 aromatic carbocycles. The van der Waals surface area contributed by atoms with Crippen molar-refractivity contribution < 1.29 is 39.9 Å². The van der Waals surface area contributed by atoms with Gasteiger partial charge in [-0.25, -0.2) is 31.0 Å². The van der Waals surface area contributed by atoms with Crippen LogP contribution in [-0.4, -0.2) is 63.5 Å². The molecular formula is C24H26F5N7O4S2. The lowest BCUT2D eigenvalue weighted by atomic mass is 9.92. The van der Waals surface area contributed by atoms with Gasteiger partial charge in [0.25, 0.3) is 5.92 Å². The standard InChI is InChI=1S/C24H26F5N7O4S2/c1-35-19(8-20(33-35)40-22(26)27)31-23-32-30-10-36(23)13-2-3-17-14(6-13)21(42(38,39)34-12-4-11(25)5-12)18(41-17)7-16(37)15-9-24(15,28)29/h8,10-13,15,22,34H,2-7,9H2,1H3,(H,31,32)/t11?,12?,13-,15-/m0/s1. The molecule has 3 aliphatic rings. The van der Waals surface area contributed by atoms with Crippen LogP contribution in [0.2, 0.25) is 0 Å². The van der Waals surface area contributed by atoms with Crippen LogP contribution in [0, 0.1) is 5.92 Å². The van der Waals surface area contributed by atoms with Crippen molar-refractivity contribution in [3.8, 4) is 5.88 Å². The number of thiophene rings is 1. The molecule has 3 aliphatic carbocycles. The van der Waals surface area contributed by atoms with E-state index in [2.05, 4.69) is 30.1 Å². The zero-order chi connectivity index (χ0) is 30.0. The number of fused-ring (bicyclic) bond motifs is 1. The minimum Gasteiger partial charge on any atom is -0.415 e. The van der Waals surface area contributed by atoms with E-state index < -0.39 is 59.3 Å². The Morgan fingerprint density at radius 3 is 2.71 bits per heavy atom. The van der Waals surface area contributed by atoms with E-state index in [4.69, 9.17) is 0 Å². The number of aryl methyl sites for hydroxylation is 2. The van der Waals surface area contributed by atoms with Crippen LogP contribution in [0.4, 0.5) is 33.7 Å². The monoisotopic (exact) mass is 635 g/mol. The highest BCUT2D eigenvalue weighted by atomic mass is 32.2. The molecular weight excluding hydrogens is 609 g/mol. The summed E-state index contributed by atoms with van der Waals surface area (Å²) in [5.41, 5.74) is 0.470. The van der Waals surface area contributed by atoms with Gasteiger partial charge in [-0.2, -0.15) is 8.78 Å². The first-order chi connectivity index (χ1) is 19.8. The van der Waals surface area contributed by atoms with Crippen molar-refractivity contribution in [3.63, 3.8) is 0 Å². The second kappa shape index (κ2) is 10.6. The van der Waals surface area contributed by atoms with Crippen LogP contribution >= 0.6 is 11.3 Å². The third-order valence-electron chi connectivity index (χ3n) is 7.75. The van der Waals surface area contributed by atoms with Crippen LogP contribution in [0.5, 0.6) is 5.88 Å². The number of anilines is 2. The lowest BCUT2D eigenvalue weighted by Crippen LogP contribution is -2.45. The predicted octanol–water partition coefficient (Wildman–Crippen LogP) is 3.69. The van der Waals surface area contributed by atoms with Crippen LogP contribution in [0.1, 0.15) is 47.0 Å². The molecule has 0 radical (unpaired) electrons. The molecule has 3 aromatic heterocycles. The van der Waals surface area contributed by atoms with Gasteiger partial charge in [-0.15, -0.1) is 26.6 Å². The highest BCUT2D eigenvalue weighted by Crippen LogP contribution is 2.50. The summed E-state index contributed by atoms with van der Waals surface area (Å²) in [6.07, 6.45) is 0.602. The lowest BCUT2D eigenvalue weighted by Gasteiger charge is -2.30. The van der Waals surface area contributed by atoms with Crippen molar-refractivity contribution in [2.45, 2.75) is 80.6 Å². The Bertz CT molecular complexity index is 1620. The summed E-state index contributed by atoms with van der Waals surface area (Å²) in [6.45, 7) is -3.05. The summed E-state index contributed by atoms with van der Waals surface area (Å²) in [4.78, 5) is 13.5. The summed E-state index contributed by atoms with van der Waals surface area (Å²) >= 11 is 1.13. The predicted molar refractivity (Wildman–Crippen MR) is 139 cm³/mol. The van der Waals surface area contributed by atoms with E-state index >= 15 is 0 Å². The number of hydrogen-bond donors (Lipinski definition) is 2. The van der Waals surface area contributed by atoms with E-state index in [1.807, 2.05) is 0 Å². The maximum absolute atomic E-state index is 13.6. The Kier molecular flexibility index (Phi) is 7.28. The van der Waals surface area contributed by atoms with Crippen molar-refractivity contribution in [2.24, 2.45) is 13.0 Å². The Morgan fingerprint density at radius 2 is 2.05 bits per heavy atom. The number of aromatic nitrogens is 5. The second-order valence-electron chi connectivity index (χ2n) is 10.8. The first-order valence-corrected chi connectivity index (χ1v) is 15.5. The number of carbonyl (C=O) groups excluding carboxylic acids is 1. The molecule has 0 amide bonds. The molecule has 0 unspecified atom stereocenters. The minimum atomic E-state index is -4.20. The van der Waals surface area contributed by atoms with Crippen molar-refractivity contribution in [2.75, 3.05) is 5.32 Å². The molecule has 228 valence electrons. The number of alkyl halides is 5. The molecule has 3 heterocycles. The number of nitrogens with zero attached hydrogens (tertiary/aromatic N) is 5. The number of hydrogen-bond acceptors (Lipinski definition) is 9. The summed E-state index contributed by atoms with van der Waals surface area (Å²) in [5, 5.41) is 14.8. The molecule has 0 spiro atoms. The molecule has 42 heavy (non-hydrogen) atoms. The number of ketones is 1. The first kappa shape index (κ1) is 29.0. The van der Waals surface area contributed by atoms with Crippen LogP contribution in [0.25, 0.3) is 0 Å². The Balaban J connectivity index is 1.28. The van der Waals surface area contributed by atoms with Crippen LogP contribution in [0.3, 0.4) is 0 Å². The molecule has 6 rings (SSSR count). The van der Waals surface area contributed by atoms with Crippen LogP contribution < -0.4 is 14.8 Å². The number of halogens is 5. The van der Waals surface area contributed by atoms with E-state index in [9.17, 15) is 35.2 Å². The molecule has 0 aliphatic heterocycles. The largest absolute Gasteiger partial charge is 0.415 e. The molecule has 0 saturated heterocycles. The van der Waals surface area contributed by atoms with Gasteiger partial charge in [0.1, 0.15) is 24.1 Å². The van der Waals surface area contributed by atoms with Gasteiger partial charge < -0.3 is 10.1 Å². The lowest BCUT2D eigenvalue weighted by molar-refractivity contribution is -0.121. The van der Waals surface area contributed by atoms with Crippen LogP contribution in [-0.2, 0) is 41.1 Å². The SMILES string of the molecule is Cn1nc(OC(F)F)cc1Nc1nncn1[C@H]1CCc2sc(CC(=O)[C@@H]3CC3(F)F)c(S(=O)(=O)NC3CC(F)C3)c2C1. The van der Waals surface area contributed by atoms with E-state index in [0.717, 1.165) is 16.2 Å². The van der Waals surface area contributed by atoms with Crippen molar-refractivity contribution in [1.29, 1.82) is 0 Å². The number of Topliss-reactive ketones (excluding diaryl/α,β-unsaturated/α-hetero) is 1. The van der Waals surface area contributed by atoms with Gasteiger partial charge in [0, 0.05) is 47.8 Å². The highest BCUT2D eigenvalue weighted by molar-refractivity contribution is 7.89. The molecule has 0 bridgehead atoms. The second-order valence-corrected chi connectivity index (χ2v) is 13.6. The van der Waals surface area contributed by atoms with Crippen molar-refractivity contribution >= 4 is 38.9 Å². The topological polar surface area (TPSA) is 133 Å². The summed E-state index contributed by atoms with van der Waals surface area (Å²) < 4.78 is 103. The normalized spacial score (nSPS) is 24.7. The Morgan fingerprint density at radius 1 is 1.31 bits per heavy atom. The minimum absolute atomic E-state index is 0.0323. The molecule has 18 heteroatoms. The molecule has 3 aromatic rings. The number of nitrogens with one attached hydrogen (secondary N) is 2. The smallest absolute Gasteiger partial charge is 0.388 e. The maximum atomic E-state index is 13.6. The van der Waals surface area contributed by atoms with E-state index in [1.54, 1.807) is 4.57 Å². The fraction of sp³-hybridized carbons (Fsp3) is 0.583. The van der Waals surface area contributed by atoms with E-state index in [-0.39, 0.29) is 52.7 Å². The summed E-state index contributed by atoms with van der Waals surface area (Å²) in [6, 6.07) is 0.315. The van der Waals surface area contributed by atoms with Gasteiger partial charge in [-0.3, -0.25) is 9.36 Å². The number of sulfonamides is 1. The Hall–Kier alpha value is -3.12. The van der Waals surface area contributed by atoms with Crippen LogP contribution in [0.15, 0.2) is 17.3 Å². The third-order valence-corrected chi connectivity index (χ3v) is 10.8. The molecule has 2 atom stereocenters. The van der Waals surface area contributed by atoms with Gasteiger partial charge in [-0.1, -0.05) is 0 Å². The Labute approximate surface area is 240 Å². The van der Waals surface area contributed by atoms with E-state index in [1.165, 1.54) is 24.1 Å². The number of rotatable bonds is 11. The fourth-order valence-electron chi connectivity index (χ4n) is 5.45. The third kappa shape index (κ3) is 5.62. The molecule has 2 N–H and O–H groups in total. The maximum Gasteiger partial charge on any atom is 0.388 e. The summed E-state index contributed by atoms with van der Waals surface area (Å²) in [7, 11) is -2.69. The van der Waals surface area contributed by atoms with Gasteiger partial charge >= 0.3 is 6.61 Å². The van der Waals surface area contributed by atoms with Gasteiger partial charge in [0.2, 0.25) is 21.9 Å². The molecule has 11 nitrogen and oxygen atoms in total. The number of ether oxygens (including phenoxy) is 1. The highest BCUT2D eigenvalue weighted by Gasteiger charge is 2.60. The van der Waals surface area contributed by atoms with E-state index in [0.29, 0.717) is 18.4 Å². The van der Waals surface area contributed by atoms with Crippen molar-refractivity contribution in [3.05, 3.63) is 27.7 Å². The first-order valence-electron chi connectivity index (χ1n) is 13.2. The molecule has 2 fully saturated rings.